The standard InChI is InChI=1S/C10H18O/c1-3-4-6-10(11)7-5-9(2)8-10/h5,11H,3-4,6-8H2,1-2H3. The molecular weight excluding hydrogens is 136 g/mol. The zero-order valence-corrected chi connectivity index (χ0v) is 7.56. The van der Waals surface area contributed by atoms with Gasteiger partial charge < -0.3 is 5.11 Å². The van der Waals surface area contributed by atoms with Gasteiger partial charge in [0, 0.05) is 0 Å². The number of aliphatic hydroxyl groups is 1. The average molecular weight is 154 g/mol. The van der Waals surface area contributed by atoms with Crippen molar-refractivity contribution in [2.75, 3.05) is 0 Å². The maximum absolute atomic E-state index is 9.94. The molecule has 1 heteroatoms. The van der Waals surface area contributed by atoms with Crippen molar-refractivity contribution in [2.45, 2.75) is 51.6 Å². The van der Waals surface area contributed by atoms with Crippen LogP contribution >= 0.6 is 0 Å². The van der Waals surface area contributed by atoms with Gasteiger partial charge in [0.15, 0.2) is 0 Å². The van der Waals surface area contributed by atoms with Crippen LogP contribution in [0.4, 0.5) is 0 Å². The van der Waals surface area contributed by atoms with E-state index in [9.17, 15) is 5.11 Å². The topological polar surface area (TPSA) is 20.2 Å². The first-order valence-electron chi connectivity index (χ1n) is 4.54. The third-order valence-corrected chi connectivity index (χ3v) is 2.43. The molecular formula is C10H18O. The first kappa shape index (κ1) is 8.79. The maximum atomic E-state index is 9.94. The number of hydrogen-bond donors (Lipinski definition) is 1. The summed E-state index contributed by atoms with van der Waals surface area (Å²) in [5.74, 6) is 0. The van der Waals surface area contributed by atoms with E-state index in [1.807, 2.05) is 0 Å². The van der Waals surface area contributed by atoms with Gasteiger partial charge in [-0.1, -0.05) is 31.4 Å². The minimum absolute atomic E-state index is 0.375. The Bertz CT molecular complexity index is 160. The quantitative estimate of drug-likeness (QED) is 0.619. The second kappa shape index (κ2) is 3.40. The van der Waals surface area contributed by atoms with Gasteiger partial charge in [-0.05, 0) is 26.2 Å². The normalized spacial score (nSPS) is 30.6. The molecule has 0 amide bonds. The Hall–Kier alpha value is -0.300. The van der Waals surface area contributed by atoms with E-state index >= 15 is 0 Å². The molecule has 0 radical (unpaired) electrons. The molecule has 11 heavy (non-hydrogen) atoms. The minimum Gasteiger partial charge on any atom is -0.389 e. The molecule has 1 aliphatic rings. The van der Waals surface area contributed by atoms with Crippen molar-refractivity contribution >= 4 is 0 Å². The third kappa shape index (κ3) is 2.33. The van der Waals surface area contributed by atoms with Crippen LogP contribution in [0.2, 0.25) is 0 Å². The summed E-state index contributed by atoms with van der Waals surface area (Å²) in [5.41, 5.74) is 0.976. The van der Waals surface area contributed by atoms with Gasteiger partial charge in [0.05, 0.1) is 5.60 Å². The van der Waals surface area contributed by atoms with Gasteiger partial charge in [-0.2, -0.15) is 0 Å². The minimum atomic E-state index is -0.375. The van der Waals surface area contributed by atoms with E-state index in [0.29, 0.717) is 0 Å². The smallest absolute Gasteiger partial charge is 0.0718 e. The zero-order valence-electron chi connectivity index (χ0n) is 7.56. The Labute approximate surface area is 69.1 Å². The van der Waals surface area contributed by atoms with Gasteiger partial charge in [-0.3, -0.25) is 0 Å². The fourth-order valence-electron chi connectivity index (χ4n) is 1.72. The van der Waals surface area contributed by atoms with Gasteiger partial charge >= 0.3 is 0 Å². The second-order valence-electron chi connectivity index (χ2n) is 3.76. The Kier molecular flexibility index (Phi) is 2.72. The summed E-state index contributed by atoms with van der Waals surface area (Å²) < 4.78 is 0. The second-order valence-corrected chi connectivity index (χ2v) is 3.76. The van der Waals surface area contributed by atoms with Gasteiger partial charge in [0.25, 0.3) is 0 Å². The van der Waals surface area contributed by atoms with E-state index in [2.05, 4.69) is 19.9 Å². The molecule has 1 aliphatic carbocycles. The largest absolute Gasteiger partial charge is 0.389 e. The van der Waals surface area contributed by atoms with Crippen LogP contribution in [0.15, 0.2) is 11.6 Å². The van der Waals surface area contributed by atoms with Crippen LogP contribution in [-0.2, 0) is 0 Å². The monoisotopic (exact) mass is 154 g/mol. The lowest BCUT2D eigenvalue weighted by Gasteiger charge is -2.21. The average Bonchev–Trinajstić information content (AvgIpc) is 2.28. The lowest BCUT2D eigenvalue weighted by Crippen LogP contribution is -2.24. The van der Waals surface area contributed by atoms with Crippen molar-refractivity contribution in [3.63, 3.8) is 0 Å². The van der Waals surface area contributed by atoms with Crippen LogP contribution in [-0.4, -0.2) is 10.7 Å². The highest BCUT2D eigenvalue weighted by molar-refractivity contribution is 5.13. The van der Waals surface area contributed by atoms with E-state index in [4.69, 9.17) is 0 Å². The highest BCUT2D eigenvalue weighted by Crippen LogP contribution is 2.32. The molecule has 0 heterocycles. The predicted octanol–water partition coefficient (Wildman–Crippen LogP) is 2.65. The Morgan fingerprint density at radius 2 is 2.36 bits per heavy atom. The van der Waals surface area contributed by atoms with Crippen molar-refractivity contribution in [2.24, 2.45) is 0 Å². The molecule has 0 saturated carbocycles. The van der Waals surface area contributed by atoms with E-state index in [1.54, 1.807) is 0 Å². The lowest BCUT2D eigenvalue weighted by molar-refractivity contribution is 0.0411. The Morgan fingerprint density at radius 3 is 2.82 bits per heavy atom. The van der Waals surface area contributed by atoms with Crippen LogP contribution in [0.25, 0.3) is 0 Å². The summed E-state index contributed by atoms with van der Waals surface area (Å²) in [6, 6.07) is 0. The fraction of sp³-hybridized carbons (Fsp3) is 0.800. The summed E-state index contributed by atoms with van der Waals surface area (Å²) in [5, 5.41) is 9.94. The van der Waals surface area contributed by atoms with E-state index in [1.165, 1.54) is 12.0 Å². The number of rotatable bonds is 3. The zero-order chi connectivity index (χ0) is 8.32. The van der Waals surface area contributed by atoms with E-state index < -0.39 is 0 Å². The lowest BCUT2D eigenvalue weighted by atomic mass is 9.93. The molecule has 0 bridgehead atoms. The van der Waals surface area contributed by atoms with Crippen LogP contribution < -0.4 is 0 Å². The van der Waals surface area contributed by atoms with Gasteiger partial charge in [-0.15, -0.1) is 0 Å². The van der Waals surface area contributed by atoms with Crippen LogP contribution in [0, 0.1) is 0 Å². The van der Waals surface area contributed by atoms with Crippen LogP contribution in [0.3, 0.4) is 0 Å². The number of hydrogen-bond acceptors (Lipinski definition) is 1. The summed E-state index contributed by atoms with van der Waals surface area (Å²) >= 11 is 0. The first-order valence-corrected chi connectivity index (χ1v) is 4.54. The molecule has 1 atom stereocenters. The molecule has 0 saturated heterocycles. The van der Waals surface area contributed by atoms with E-state index in [0.717, 1.165) is 25.7 Å². The van der Waals surface area contributed by atoms with Crippen LogP contribution in [0.5, 0.6) is 0 Å². The predicted molar refractivity (Wildman–Crippen MR) is 47.5 cm³/mol. The third-order valence-electron chi connectivity index (χ3n) is 2.43. The van der Waals surface area contributed by atoms with Crippen molar-refractivity contribution < 1.29 is 5.11 Å². The molecule has 1 rings (SSSR count). The SMILES string of the molecule is CCCCC1(O)CC=C(C)C1. The Balaban J connectivity index is 2.33. The molecule has 0 fully saturated rings. The first-order chi connectivity index (χ1) is 5.16. The number of unbranched alkanes of at least 4 members (excludes halogenated alkanes) is 1. The maximum Gasteiger partial charge on any atom is 0.0718 e. The highest BCUT2D eigenvalue weighted by Gasteiger charge is 2.29. The summed E-state index contributed by atoms with van der Waals surface area (Å²) in [4.78, 5) is 0. The molecule has 64 valence electrons. The van der Waals surface area contributed by atoms with Gasteiger partial charge in [-0.25, -0.2) is 0 Å². The molecule has 0 aromatic rings. The Morgan fingerprint density at radius 1 is 1.64 bits per heavy atom. The van der Waals surface area contributed by atoms with Crippen molar-refractivity contribution in [1.82, 2.24) is 0 Å². The van der Waals surface area contributed by atoms with Gasteiger partial charge in [0.2, 0.25) is 0 Å². The summed E-state index contributed by atoms with van der Waals surface area (Å²) in [7, 11) is 0. The van der Waals surface area contributed by atoms with Gasteiger partial charge in [0.1, 0.15) is 0 Å². The van der Waals surface area contributed by atoms with Crippen molar-refractivity contribution in [1.29, 1.82) is 0 Å². The van der Waals surface area contributed by atoms with E-state index in [-0.39, 0.29) is 5.60 Å². The van der Waals surface area contributed by atoms with Crippen molar-refractivity contribution in [3.05, 3.63) is 11.6 Å². The molecule has 1 N–H and O–H groups in total. The molecule has 0 aromatic carbocycles. The molecule has 0 aliphatic heterocycles. The molecule has 0 spiro atoms. The molecule has 1 unspecified atom stereocenters. The van der Waals surface area contributed by atoms with Crippen molar-refractivity contribution in [3.8, 4) is 0 Å². The molecule has 1 nitrogen and oxygen atoms in total. The van der Waals surface area contributed by atoms with Crippen LogP contribution in [0.1, 0.15) is 46.0 Å². The fourth-order valence-corrected chi connectivity index (χ4v) is 1.72. The summed E-state index contributed by atoms with van der Waals surface area (Å²) in [6.07, 6.45) is 7.23. The molecule has 0 aromatic heterocycles. The highest BCUT2D eigenvalue weighted by atomic mass is 16.3. The summed E-state index contributed by atoms with van der Waals surface area (Å²) in [6.45, 7) is 4.27.